The van der Waals surface area contributed by atoms with Crippen LogP contribution >= 0.6 is 0 Å². The van der Waals surface area contributed by atoms with E-state index < -0.39 is 7.12 Å². The molecular formula is C10H15BO3. The summed E-state index contributed by atoms with van der Waals surface area (Å²) >= 11 is 0. The second-order valence-electron chi connectivity index (χ2n) is 3.16. The lowest BCUT2D eigenvalue weighted by Crippen LogP contribution is -2.11. The van der Waals surface area contributed by atoms with Gasteiger partial charge in [-0.25, -0.2) is 0 Å². The molecule has 3 nitrogen and oxygen atoms in total. The second-order valence-corrected chi connectivity index (χ2v) is 3.16. The Labute approximate surface area is 84.5 Å². The quantitative estimate of drug-likeness (QED) is 0.525. The molecule has 2 N–H and O–H groups in total. The molecule has 0 atom stereocenters. The van der Waals surface area contributed by atoms with Crippen molar-refractivity contribution in [3.63, 3.8) is 0 Å². The number of benzene rings is 1. The molecule has 0 aliphatic rings. The van der Waals surface area contributed by atoms with Gasteiger partial charge in [0, 0.05) is 6.61 Å². The zero-order valence-corrected chi connectivity index (χ0v) is 8.10. The van der Waals surface area contributed by atoms with Crippen LogP contribution in [-0.4, -0.2) is 23.8 Å². The van der Waals surface area contributed by atoms with Crippen LogP contribution in [0.3, 0.4) is 0 Å². The normalized spacial score (nSPS) is 10.1. The van der Waals surface area contributed by atoms with Crippen molar-refractivity contribution in [2.75, 3.05) is 6.61 Å². The fraction of sp³-hybridized carbons (Fsp3) is 0.400. The summed E-state index contributed by atoms with van der Waals surface area (Å²) in [5.41, 5.74) is 1.14. The van der Waals surface area contributed by atoms with Crippen LogP contribution in [0.5, 0.6) is 0 Å². The molecule has 14 heavy (non-hydrogen) atoms. The topological polar surface area (TPSA) is 49.7 Å². The first kappa shape index (κ1) is 11.2. The van der Waals surface area contributed by atoms with Crippen molar-refractivity contribution in [2.45, 2.75) is 19.3 Å². The lowest BCUT2D eigenvalue weighted by molar-refractivity contribution is 0.120. The third kappa shape index (κ3) is 5.02. The molecule has 0 saturated carbocycles. The first-order valence-corrected chi connectivity index (χ1v) is 4.77. The van der Waals surface area contributed by atoms with Gasteiger partial charge in [0.2, 0.25) is 0 Å². The summed E-state index contributed by atoms with van der Waals surface area (Å²) in [5.74, 6) is 0. The summed E-state index contributed by atoms with van der Waals surface area (Å²) in [7, 11) is -1.21. The Balaban J connectivity index is 2.05. The monoisotopic (exact) mass is 194 g/mol. The standard InChI is InChI=1S/C10H15BO3/c12-11(13)7-4-8-14-9-10-5-2-1-3-6-10/h1-3,5-6,12-13H,4,7-9H2. The van der Waals surface area contributed by atoms with Gasteiger partial charge in [-0.2, -0.15) is 0 Å². The van der Waals surface area contributed by atoms with Crippen molar-refractivity contribution in [3.05, 3.63) is 35.9 Å². The van der Waals surface area contributed by atoms with Crippen LogP contribution in [0.1, 0.15) is 12.0 Å². The first-order valence-electron chi connectivity index (χ1n) is 4.77. The molecule has 0 radical (unpaired) electrons. The molecule has 0 bridgehead atoms. The second kappa shape index (κ2) is 6.59. The molecule has 0 heterocycles. The summed E-state index contributed by atoms with van der Waals surface area (Å²) in [6.07, 6.45) is 1.04. The van der Waals surface area contributed by atoms with Crippen molar-refractivity contribution in [3.8, 4) is 0 Å². The minimum Gasteiger partial charge on any atom is -0.427 e. The maximum absolute atomic E-state index is 8.57. The third-order valence-electron chi connectivity index (χ3n) is 1.86. The number of hydrogen-bond donors (Lipinski definition) is 2. The molecule has 1 rings (SSSR count). The SMILES string of the molecule is OB(O)CCCOCc1ccccc1. The molecule has 1 aromatic rings. The lowest BCUT2D eigenvalue weighted by Gasteiger charge is -2.03. The smallest absolute Gasteiger partial charge is 0.427 e. The Morgan fingerprint density at radius 3 is 2.50 bits per heavy atom. The lowest BCUT2D eigenvalue weighted by atomic mass is 9.85. The molecule has 0 amide bonds. The van der Waals surface area contributed by atoms with Gasteiger partial charge in [-0.3, -0.25) is 0 Å². The Hall–Kier alpha value is -0.835. The Bertz CT molecular complexity index is 238. The predicted molar refractivity (Wildman–Crippen MR) is 55.7 cm³/mol. The van der Waals surface area contributed by atoms with E-state index in [0.29, 0.717) is 26.0 Å². The van der Waals surface area contributed by atoms with Gasteiger partial charge in [0.05, 0.1) is 6.61 Å². The van der Waals surface area contributed by atoms with E-state index >= 15 is 0 Å². The third-order valence-corrected chi connectivity index (χ3v) is 1.86. The van der Waals surface area contributed by atoms with Crippen molar-refractivity contribution < 1.29 is 14.8 Å². The van der Waals surface area contributed by atoms with E-state index in [1.807, 2.05) is 30.3 Å². The number of ether oxygens (including phenoxy) is 1. The van der Waals surface area contributed by atoms with E-state index in [0.717, 1.165) is 5.56 Å². The van der Waals surface area contributed by atoms with Crippen LogP contribution in [0.2, 0.25) is 6.32 Å². The first-order chi connectivity index (χ1) is 6.79. The molecule has 0 aliphatic carbocycles. The van der Waals surface area contributed by atoms with Crippen LogP contribution in [0.25, 0.3) is 0 Å². The van der Waals surface area contributed by atoms with Crippen molar-refractivity contribution in [2.24, 2.45) is 0 Å². The van der Waals surface area contributed by atoms with Gasteiger partial charge < -0.3 is 14.8 Å². The molecule has 0 fully saturated rings. The summed E-state index contributed by atoms with van der Waals surface area (Å²) in [5, 5.41) is 17.1. The Morgan fingerprint density at radius 2 is 1.86 bits per heavy atom. The Kier molecular flexibility index (Phi) is 5.29. The molecule has 0 aromatic heterocycles. The zero-order chi connectivity index (χ0) is 10.2. The van der Waals surface area contributed by atoms with Crippen LogP contribution in [0.4, 0.5) is 0 Å². The molecule has 1 aromatic carbocycles. The Morgan fingerprint density at radius 1 is 1.14 bits per heavy atom. The molecule has 4 heteroatoms. The number of rotatable bonds is 6. The van der Waals surface area contributed by atoms with Crippen LogP contribution in [0, 0.1) is 0 Å². The molecule has 0 saturated heterocycles. The van der Waals surface area contributed by atoms with E-state index in [-0.39, 0.29) is 0 Å². The van der Waals surface area contributed by atoms with E-state index in [9.17, 15) is 0 Å². The number of hydrogen-bond acceptors (Lipinski definition) is 3. The van der Waals surface area contributed by atoms with Gasteiger partial charge in [-0.15, -0.1) is 0 Å². The molecular weight excluding hydrogens is 179 g/mol. The van der Waals surface area contributed by atoms with Crippen LogP contribution in [-0.2, 0) is 11.3 Å². The van der Waals surface area contributed by atoms with Gasteiger partial charge >= 0.3 is 7.12 Å². The highest BCUT2D eigenvalue weighted by Gasteiger charge is 2.04. The van der Waals surface area contributed by atoms with Gasteiger partial charge in [0.15, 0.2) is 0 Å². The maximum atomic E-state index is 8.57. The highest BCUT2D eigenvalue weighted by molar-refractivity contribution is 6.40. The van der Waals surface area contributed by atoms with Crippen molar-refractivity contribution in [1.29, 1.82) is 0 Å². The fourth-order valence-electron chi connectivity index (χ4n) is 1.13. The largest absolute Gasteiger partial charge is 0.451 e. The highest BCUT2D eigenvalue weighted by Crippen LogP contribution is 2.01. The van der Waals surface area contributed by atoms with E-state index in [4.69, 9.17) is 14.8 Å². The average molecular weight is 194 g/mol. The van der Waals surface area contributed by atoms with E-state index in [1.165, 1.54) is 0 Å². The summed E-state index contributed by atoms with van der Waals surface area (Å²) in [6, 6.07) is 9.90. The van der Waals surface area contributed by atoms with E-state index in [1.54, 1.807) is 0 Å². The van der Waals surface area contributed by atoms with E-state index in [2.05, 4.69) is 0 Å². The summed E-state index contributed by atoms with van der Waals surface area (Å²) < 4.78 is 5.35. The summed E-state index contributed by atoms with van der Waals surface area (Å²) in [6.45, 7) is 1.15. The molecule has 76 valence electrons. The molecule has 0 aliphatic heterocycles. The van der Waals surface area contributed by atoms with Gasteiger partial charge in [-0.1, -0.05) is 30.3 Å². The van der Waals surface area contributed by atoms with Crippen molar-refractivity contribution >= 4 is 7.12 Å². The molecule has 0 unspecified atom stereocenters. The minimum absolute atomic E-state index is 0.370. The van der Waals surface area contributed by atoms with Crippen LogP contribution in [0.15, 0.2) is 30.3 Å². The maximum Gasteiger partial charge on any atom is 0.451 e. The molecule has 0 spiro atoms. The zero-order valence-electron chi connectivity index (χ0n) is 8.10. The predicted octanol–water partition coefficient (Wildman–Crippen LogP) is 1.07. The van der Waals surface area contributed by atoms with Crippen molar-refractivity contribution in [1.82, 2.24) is 0 Å². The van der Waals surface area contributed by atoms with Gasteiger partial charge in [0.1, 0.15) is 0 Å². The average Bonchev–Trinajstić information content (AvgIpc) is 2.18. The highest BCUT2D eigenvalue weighted by atomic mass is 16.5. The summed E-state index contributed by atoms with van der Waals surface area (Å²) in [4.78, 5) is 0. The van der Waals surface area contributed by atoms with Gasteiger partial charge in [0.25, 0.3) is 0 Å². The van der Waals surface area contributed by atoms with Gasteiger partial charge in [-0.05, 0) is 18.3 Å². The minimum atomic E-state index is -1.21. The van der Waals surface area contributed by atoms with Crippen LogP contribution < -0.4 is 0 Å². The fourth-order valence-corrected chi connectivity index (χ4v) is 1.13.